The molecule has 3 rings (SSSR count). The Morgan fingerprint density at radius 3 is 2.38 bits per heavy atom. The van der Waals surface area contributed by atoms with E-state index >= 15 is 0 Å². The number of carbonyl (C=O) groups is 3. The summed E-state index contributed by atoms with van der Waals surface area (Å²) in [6, 6.07) is 0. The summed E-state index contributed by atoms with van der Waals surface area (Å²) in [6.45, 7) is 16.1. The van der Waals surface area contributed by atoms with Gasteiger partial charge in [0.25, 0.3) is 0 Å². The van der Waals surface area contributed by atoms with Crippen LogP contribution in [0.1, 0.15) is 66.7 Å². The van der Waals surface area contributed by atoms with Crippen molar-refractivity contribution in [2.45, 2.75) is 96.9 Å². The quantitative estimate of drug-likeness (QED) is 0.234. The smallest absolute Gasteiger partial charge is 0.305 e. The number of fused-ring (bicyclic) bond motifs is 2. The highest BCUT2D eigenvalue weighted by molar-refractivity contribution is 5.67. The van der Waals surface area contributed by atoms with Crippen LogP contribution in [-0.4, -0.2) is 48.1 Å². The molecule has 3 aliphatic rings. The number of hydrogen-bond donors (Lipinski definition) is 0. The Morgan fingerprint density at radius 1 is 1.12 bits per heavy atom. The molecule has 2 heterocycles. The molecule has 1 aliphatic carbocycles. The van der Waals surface area contributed by atoms with Gasteiger partial charge in [0, 0.05) is 38.7 Å². The topological polar surface area (TPSA) is 101 Å². The Morgan fingerprint density at radius 2 is 1.79 bits per heavy atom. The fourth-order valence-corrected chi connectivity index (χ4v) is 5.11. The standard InChI is InChI=1S/C26H36O8/c1-14(2)21(31-16(4)27)12-22(32-17(5)28)20-13-30-25(33-18(6)29)24-15(3)8-9-23-26(7,34-23)11-10-19(20)24/h13,19,21-25H,1,3,8-12H2,2,4-7H3/t19-,21?,22?,23-,24+,25-,26+/m1/s1. The second-order valence-electron chi connectivity index (χ2n) is 9.80. The highest BCUT2D eigenvalue weighted by atomic mass is 16.7. The van der Waals surface area contributed by atoms with Crippen LogP contribution in [0.2, 0.25) is 0 Å². The molecule has 2 aliphatic heterocycles. The third-order valence-electron chi connectivity index (χ3n) is 6.93. The average molecular weight is 477 g/mol. The lowest BCUT2D eigenvalue weighted by Gasteiger charge is -2.41. The van der Waals surface area contributed by atoms with Crippen LogP contribution in [0.3, 0.4) is 0 Å². The first-order valence-electron chi connectivity index (χ1n) is 11.8. The van der Waals surface area contributed by atoms with Gasteiger partial charge in [-0.15, -0.1) is 0 Å². The summed E-state index contributed by atoms with van der Waals surface area (Å²) in [7, 11) is 0. The first-order chi connectivity index (χ1) is 15.9. The van der Waals surface area contributed by atoms with Crippen LogP contribution in [0.4, 0.5) is 0 Å². The minimum Gasteiger partial charge on any atom is -0.462 e. The summed E-state index contributed by atoms with van der Waals surface area (Å²) < 4.78 is 28.6. The maximum absolute atomic E-state index is 12.1. The van der Waals surface area contributed by atoms with E-state index in [2.05, 4.69) is 20.1 Å². The fourth-order valence-electron chi connectivity index (χ4n) is 5.11. The van der Waals surface area contributed by atoms with E-state index in [0.717, 1.165) is 24.0 Å². The van der Waals surface area contributed by atoms with Gasteiger partial charge in [0.2, 0.25) is 6.29 Å². The highest BCUT2D eigenvalue weighted by Crippen LogP contribution is 2.50. The summed E-state index contributed by atoms with van der Waals surface area (Å²) in [5.41, 5.74) is 2.08. The number of hydrogen-bond acceptors (Lipinski definition) is 8. The van der Waals surface area contributed by atoms with Gasteiger partial charge in [-0.2, -0.15) is 0 Å². The molecule has 2 fully saturated rings. The second-order valence-corrected chi connectivity index (χ2v) is 9.80. The SMILES string of the molecule is C=C(C)C(CC(OC(C)=O)C1=CO[C@H](OC(C)=O)[C@H]2C(=C)CC[C@H]3O[C@@]3(C)CC[C@H]12)OC(C)=O. The van der Waals surface area contributed by atoms with E-state index in [9.17, 15) is 14.4 Å². The lowest BCUT2D eigenvalue weighted by Crippen LogP contribution is -2.42. The molecule has 0 aromatic heterocycles. The molecule has 8 nitrogen and oxygen atoms in total. The predicted octanol–water partition coefficient (Wildman–Crippen LogP) is 4.14. The van der Waals surface area contributed by atoms with Crippen molar-refractivity contribution >= 4 is 17.9 Å². The Hall–Kier alpha value is -2.61. The van der Waals surface area contributed by atoms with Gasteiger partial charge in [0.05, 0.1) is 23.9 Å². The molecule has 0 aromatic rings. The van der Waals surface area contributed by atoms with Gasteiger partial charge >= 0.3 is 17.9 Å². The predicted molar refractivity (Wildman–Crippen MR) is 123 cm³/mol. The van der Waals surface area contributed by atoms with Gasteiger partial charge < -0.3 is 23.7 Å². The van der Waals surface area contributed by atoms with Crippen molar-refractivity contribution in [3.63, 3.8) is 0 Å². The zero-order chi connectivity index (χ0) is 25.2. The Kier molecular flexibility index (Phi) is 7.91. The van der Waals surface area contributed by atoms with Crippen molar-refractivity contribution in [2.24, 2.45) is 11.8 Å². The molecule has 0 bridgehead atoms. The third-order valence-corrected chi connectivity index (χ3v) is 6.93. The zero-order valence-corrected chi connectivity index (χ0v) is 20.8. The van der Waals surface area contributed by atoms with Gasteiger partial charge in [-0.05, 0) is 45.1 Å². The molecule has 0 aromatic carbocycles. The molecule has 0 radical (unpaired) electrons. The number of carbonyl (C=O) groups excluding carboxylic acids is 3. The second kappa shape index (κ2) is 10.3. The summed E-state index contributed by atoms with van der Waals surface area (Å²) in [5, 5.41) is 0. The van der Waals surface area contributed by atoms with Crippen molar-refractivity contribution in [2.75, 3.05) is 0 Å². The molecule has 8 heteroatoms. The molecule has 7 atom stereocenters. The largest absolute Gasteiger partial charge is 0.462 e. The molecule has 0 spiro atoms. The van der Waals surface area contributed by atoms with E-state index in [1.54, 1.807) is 6.92 Å². The van der Waals surface area contributed by atoms with E-state index in [4.69, 9.17) is 23.7 Å². The molecule has 1 saturated carbocycles. The van der Waals surface area contributed by atoms with Gasteiger partial charge in [-0.3, -0.25) is 14.4 Å². The number of esters is 3. The summed E-state index contributed by atoms with van der Waals surface area (Å²) in [6.07, 6.45) is 2.76. The summed E-state index contributed by atoms with van der Waals surface area (Å²) in [4.78, 5) is 35.5. The molecule has 34 heavy (non-hydrogen) atoms. The monoisotopic (exact) mass is 476 g/mol. The normalized spacial score (nSPS) is 32.0. The van der Waals surface area contributed by atoms with Crippen molar-refractivity contribution in [1.29, 1.82) is 0 Å². The lowest BCUT2D eigenvalue weighted by atomic mass is 9.74. The van der Waals surface area contributed by atoms with Crippen molar-refractivity contribution in [3.05, 3.63) is 36.1 Å². The minimum atomic E-state index is -0.815. The van der Waals surface area contributed by atoms with Gasteiger partial charge in [-0.25, -0.2) is 0 Å². The Balaban J connectivity index is 1.98. The van der Waals surface area contributed by atoms with Crippen LogP contribution in [-0.2, 0) is 38.1 Å². The van der Waals surface area contributed by atoms with Crippen molar-refractivity contribution in [1.82, 2.24) is 0 Å². The van der Waals surface area contributed by atoms with Gasteiger partial charge in [0.1, 0.15) is 12.2 Å². The third kappa shape index (κ3) is 6.09. The van der Waals surface area contributed by atoms with Crippen LogP contribution >= 0.6 is 0 Å². The molecule has 0 N–H and O–H groups in total. The van der Waals surface area contributed by atoms with Crippen LogP contribution in [0.15, 0.2) is 36.1 Å². The average Bonchev–Trinajstić information content (AvgIpc) is 3.37. The molecule has 2 unspecified atom stereocenters. The van der Waals surface area contributed by atoms with Crippen LogP contribution in [0, 0.1) is 11.8 Å². The maximum Gasteiger partial charge on any atom is 0.305 e. The molecular weight excluding hydrogens is 440 g/mol. The summed E-state index contributed by atoms with van der Waals surface area (Å²) in [5.74, 6) is -1.83. The fraction of sp³-hybridized carbons (Fsp3) is 0.654. The Labute approximate surface area is 201 Å². The zero-order valence-electron chi connectivity index (χ0n) is 20.8. The lowest BCUT2D eigenvalue weighted by molar-refractivity contribution is -0.181. The molecule has 1 saturated heterocycles. The van der Waals surface area contributed by atoms with Crippen LogP contribution in [0.25, 0.3) is 0 Å². The van der Waals surface area contributed by atoms with Crippen molar-refractivity contribution in [3.8, 4) is 0 Å². The van der Waals surface area contributed by atoms with Gasteiger partial charge in [-0.1, -0.05) is 18.7 Å². The van der Waals surface area contributed by atoms with E-state index in [1.165, 1.54) is 27.0 Å². The molecule has 188 valence electrons. The number of ether oxygens (including phenoxy) is 5. The summed E-state index contributed by atoms with van der Waals surface area (Å²) >= 11 is 0. The van der Waals surface area contributed by atoms with Crippen molar-refractivity contribution < 1.29 is 38.1 Å². The van der Waals surface area contributed by atoms with E-state index in [0.29, 0.717) is 18.4 Å². The van der Waals surface area contributed by atoms with E-state index in [-0.39, 0.29) is 30.0 Å². The highest BCUT2D eigenvalue weighted by Gasteiger charge is 2.54. The van der Waals surface area contributed by atoms with E-state index < -0.39 is 36.4 Å². The molecule has 0 amide bonds. The van der Waals surface area contributed by atoms with Gasteiger partial charge in [0.15, 0.2) is 0 Å². The first kappa shape index (κ1) is 26.0. The minimum absolute atomic E-state index is 0.169. The molecular formula is C26H36O8. The van der Waals surface area contributed by atoms with E-state index in [1.807, 2.05) is 0 Å². The number of rotatable bonds is 7. The Bertz CT molecular complexity index is 889. The van der Waals surface area contributed by atoms with Crippen LogP contribution < -0.4 is 0 Å². The van der Waals surface area contributed by atoms with Crippen LogP contribution in [0.5, 0.6) is 0 Å². The first-order valence-corrected chi connectivity index (χ1v) is 11.8. The maximum atomic E-state index is 12.1. The number of epoxide rings is 1.